The fourth-order valence-corrected chi connectivity index (χ4v) is 2.01. The summed E-state index contributed by atoms with van der Waals surface area (Å²) in [4.78, 5) is 24.2. The fourth-order valence-electron chi connectivity index (χ4n) is 2.01. The lowest BCUT2D eigenvalue weighted by atomic mass is 9.96. The third kappa shape index (κ3) is 5.55. The molecule has 1 unspecified atom stereocenters. The SMILES string of the molecule is CCOC(=O)C(CC(C)C)C(=O)Nc1ccc(C[NH3+])cc1. The lowest BCUT2D eigenvalue weighted by Gasteiger charge is -2.17. The largest absolute Gasteiger partial charge is 0.465 e. The molecule has 0 bridgehead atoms. The van der Waals surface area contributed by atoms with E-state index in [4.69, 9.17) is 4.74 Å². The lowest BCUT2D eigenvalue weighted by Crippen LogP contribution is -2.47. The molecule has 0 aliphatic rings. The molecule has 0 spiro atoms. The van der Waals surface area contributed by atoms with Crippen LogP contribution in [-0.2, 0) is 20.9 Å². The minimum atomic E-state index is -0.766. The van der Waals surface area contributed by atoms with E-state index in [-0.39, 0.29) is 18.4 Å². The average Bonchev–Trinajstić information content (AvgIpc) is 2.45. The summed E-state index contributed by atoms with van der Waals surface area (Å²) in [6, 6.07) is 7.45. The number of nitrogens with one attached hydrogen (secondary N) is 1. The topological polar surface area (TPSA) is 83.0 Å². The first-order valence-electron chi connectivity index (χ1n) is 7.33. The average molecular weight is 293 g/mol. The summed E-state index contributed by atoms with van der Waals surface area (Å²) in [5.74, 6) is -1.31. The van der Waals surface area contributed by atoms with Gasteiger partial charge in [-0.3, -0.25) is 9.59 Å². The number of rotatable bonds is 7. The number of hydrogen-bond acceptors (Lipinski definition) is 3. The number of hydrogen-bond donors (Lipinski definition) is 2. The molecule has 116 valence electrons. The summed E-state index contributed by atoms with van der Waals surface area (Å²) in [5, 5.41) is 2.78. The molecule has 1 amide bonds. The molecule has 0 radical (unpaired) electrons. The molecule has 0 saturated heterocycles. The molecule has 1 rings (SSSR count). The van der Waals surface area contributed by atoms with E-state index in [1.165, 1.54) is 0 Å². The normalized spacial score (nSPS) is 12.0. The highest BCUT2D eigenvalue weighted by Gasteiger charge is 2.28. The van der Waals surface area contributed by atoms with E-state index in [1.54, 1.807) is 6.92 Å². The zero-order valence-corrected chi connectivity index (χ0v) is 13.0. The van der Waals surface area contributed by atoms with Crippen LogP contribution < -0.4 is 11.1 Å². The Bertz CT molecular complexity index is 469. The summed E-state index contributed by atoms with van der Waals surface area (Å²) in [6.07, 6.45) is 0.474. The first-order valence-corrected chi connectivity index (χ1v) is 7.33. The molecule has 0 aliphatic heterocycles. The van der Waals surface area contributed by atoms with Crippen LogP contribution >= 0.6 is 0 Å². The highest BCUT2D eigenvalue weighted by molar-refractivity contribution is 6.04. The van der Waals surface area contributed by atoms with Crippen LogP contribution in [0.15, 0.2) is 24.3 Å². The van der Waals surface area contributed by atoms with E-state index >= 15 is 0 Å². The highest BCUT2D eigenvalue weighted by atomic mass is 16.5. The number of amides is 1. The second kappa shape index (κ2) is 8.42. The van der Waals surface area contributed by atoms with Crippen molar-refractivity contribution >= 4 is 17.6 Å². The Balaban J connectivity index is 2.76. The van der Waals surface area contributed by atoms with E-state index in [1.807, 2.05) is 38.1 Å². The molecule has 0 heterocycles. The van der Waals surface area contributed by atoms with Crippen LogP contribution in [0.3, 0.4) is 0 Å². The second-order valence-electron chi connectivity index (χ2n) is 5.37. The van der Waals surface area contributed by atoms with Crippen LogP contribution in [0.25, 0.3) is 0 Å². The van der Waals surface area contributed by atoms with E-state index in [0.29, 0.717) is 18.7 Å². The smallest absolute Gasteiger partial charge is 0.318 e. The number of ether oxygens (including phenoxy) is 1. The van der Waals surface area contributed by atoms with Gasteiger partial charge in [-0.2, -0.15) is 0 Å². The Morgan fingerprint density at radius 2 is 1.86 bits per heavy atom. The summed E-state index contributed by atoms with van der Waals surface area (Å²) in [6.45, 7) is 6.66. The van der Waals surface area contributed by atoms with E-state index < -0.39 is 11.9 Å². The van der Waals surface area contributed by atoms with E-state index in [0.717, 1.165) is 5.56 Å². The molecule has 5 heteroatoms. The summed E-state index contributed by atoms with van der Waals surface area (Å²) < 4.78 is 4.99. The van der Waals surface area contributed by atoms with Crippen LogP contribution in [0.5, 0.6) is 0 Å². The standard InChI is InChI=1S/C16H24N2O3/c1-4-21-16(20)14(9-11(2)3)15(19)18-13-7-5-12(10-17)6-8-13/h5-8,11,14H,4,9-10,17H2,1-3H3,(H,18,19)/p+1. The molecule has 4 N–H and O–H groups in total. The minimum Gasteiger partial charge on any atom is -0.465 e. The molecular formula is C16H25N2O3+. The molecule has 1 aromatic rings. The summed E-state index contributed by atoms with van der Waals surface area (Å²) in [7, 11) is 0. The van der Waals surface area contributed by atoms with Crippen molar-refractivity contribution in [3.05, 3.63) is 29.8 Å². The minimum absolute atomic E-state index is 0.235. The Hall–Kier alpha value is -1.88. The highest BCUT2D eigenvalue weighted by Crippen LogP contribution is 2.17. The molecule has 1 atom stereocenters. The third-order valence-electron chi connectivity index (χ3n) is 3.10. The first-order chi connectivity index (χ1) is 9.97. The van der Waals surface area contributed by atoms with Crippen LogP contribution in [0.2, 0.25) is 0 Å². The van der Waals surface area contributed by atoms with Gasteiger partial charge in [0.15, 0.2) is 0 Å². The van der Waals surface area contributed by atoms with Gasteiger partial charge >= 0.3 is 5.97 Å². The molecule has 0 fully saturated rings. The lowest BCUT2D eigenvalue weighted by molar-refractivity contribution is -0.386. The van der Waals surface area contributed by atoms with Crippen LogP contribution in [0.4, 0.5) is 5.69 Å². The maximum absolute atomic E-state index is 12.3. The number of carbonyl (C=O) groups excluding carboxylic acids is 2. The van der Waals surface area contributed by atoms with Gasteiger partial charge in [0.25, 0.3) is 0 Å². The van der Waals surface area contributed by atoms with Crippen molar-refractivity contribution in [3.8, 4) is 0 Å². The molecule has 0 saturated carbocycles. The molecule has 21 heavy (non-hydrogen) atoms. The van der Waals surface area contributed by atoms with Gasteiger partial charge in [-0.1, -0.05) is 26.0 Å². The van der Waals surface area contributed by atoms with Crippen molar-refractivity contribution in [2.75, 3.05) is 11.9 Å². The molecule has 1 aromatic carbocycles. The molecule has 5 nitrogen and oxygen atoms in total. The van der Waals surface area contributed by atoms with Crippen molar-refractivity contribution in [2.45, 2.75) is 33.7 Å². The monoisotopic (exact) mass is 293 g/mol. The summed E-state index contributed by atoms with van der Waals surface area (Å²) in [5.41, 5.74) is 5.57. The van der Waals surface area contributed by atoms with Crippen molar-refractivity contribution in [1.29, 1.82) is 0 Å². The molecule has 0 aliphatic carbocycles. The number of quaternary nitrogens is 1. The van der Waals surface area contributed by atoms with Gasteiger partial charge in [0.1, 0.15) is 5.92 Å². The fraction of sp³-hybridized carbons (Fsp3) is 0.500. The van der Waals surface area contributed by atoms with Gasteiger partial charge in [-0.25, -0.2) is 0 Å². The van der Waals surface area contributed by atoms with E-state index in [2.05, 4.69) is 11.1 Å². The predicted octanol–water partition coefficient (Wildman–Crippen LogP) is 1.59. The second-order valence-corrected chi connectivity index (χ2v) is 5.37. The number of esters is 1. The van der Waals surface area contributed by atoms with Gasteiger partial charge in [0.2, 0.25) is 5.91 Å². The van der Waals surface area contributed by atoms with Crippen molar-refractivity contribution in [1.82, 2.24) is 0 Å². The molecular weight excluding hydrogens is 268 g/mol. The van der Waals surface area contributed by atoms with Gasteiger partial charge in [0, 0.05) is 11.3 Å². The van der Waals surface area contributed by atoms with Gasteiger partial charge in [-0.05, 0) is 31.4 Å². The van der Waals surface area contributed by atoms with Crippen LogP contribution in [-0.4, -0.2) is 18.5 Å². The van der Waals surface area contributed by atoms with Crippen LogP contribution in [0.1, 0.15) is 32.8 Å². The van der Waals surface area contributed by atoms with Crippen molar-refractivity contribution in [3.63, 3.8) is 0 Å². The van der Waals surface area contributed by atoms with Crippen molar-refractivity contribution in [2.24, 2.45) is 11.8 Å². The van der Waals surface area contributed by atoms with Crippen LogP contribution in [0, 0.1) is 11.8 Å². The summed E-state index contributed by atoms with van der Waals surface area (Å²) >= 11 is 0. The Morgan fingerprint density at radius 1 is 1.24 bits per heavy atom. The zero-order chi connectivity index (χ0) is 15.8. The van der Waals surface area contributed by atoms with Crippen molar-refractivity contribution < 1.29 is 20.1 Å². The number of anilines is 1. The third-order valence-corrected chi connectivity index (χ3v) is 3.10. The Morgan fingerprint density at radius 3 is 2.33 bits per heavy atom. The van der Waals surface area contributed by atoms with Gasteiger partial charge < -0.3 is 15.8 Å². The predicted molar refractivity (Wildman–Crippen MR) is 81.2 cm³/mol. The van der Waals surface area contributed by atoms with Gasteiger partial charge in [0.05, 0.1) is 13.2 Å². The van der Waals surface area contributed by atoms with Gasteiger partial charge in [-0.15, -0.1) is 0 Å². The molecule has 0 aromatic heterocycles. The zero-order valence-electron chi connectivity index (χ0n) is 13.0. The first kappa shape index (κ1) is 17.2. The number of carbonyl (C=O) groups is 2. The maximum Gasteiger partial charge on any atom is 0.318 e. The maximum atomic E-state index is 12.3. The quantitative estimate of drug-likeness (QED) is 0.591. The van der Waals surface area contributed by atoms with E-state index in [9.17, 15) is 9.59 Å². The number of benzene rings is 1. The Kier molecular flexibility index (Phi) is 6.88. The Labute approximate surface area is 125 Å².